The minimum absolute atomic E-state index is 0.157. The van der Waals surface area contributed by atoms with E-state index in [1.807, 2.05) is 20.8 Å². The van der Waals surface area contributed by atoms with Crippen molar-refractivity contribution >= 4 is 12.1 Å². The highest BCUT2D eigenvalue weighted by atomic mass is 16.6. The van der Waals surface area contributed by atoms with Gasteiger partial charge in [0, 0.05) is 31.0 Å². The van der Waals surface area contributed by atoms with Crippen LogP contribution in [0.1, 0.15) is 66.2 Å². The molecule has 8 nitrogen and oxygen atoms in total. The van der Waals surface area contributed by atoms with Gasteiger partial charge in [-0.15, -0.1) is 0 Å². The number of ether oxygens (including phenoxy) is 2. The van der Waals surface area contributed by atoms with E-state index in [9.17, 15) is 9.59 Å². The van der Waals surface area contributed by atoms with Crippen LogP contribution in [0.5, 0.6) is 0 Å². The second kappa shape index (κ2) is 13.4. The Morgan fingerprint density at radius 2 is 1.72 bits per heavy atom. The number of nitrogens with zero attached hydrogens (tertiary/aromatic N) is 4. The molecule has 0 rings (SSSR count). The predicted octanol–water partition coefficient (Wildman–Crippen LogP) is 4.44. The Kier molecular flexibility index (Phi) is 12.3. The summed E-state index contributed by atoms with van der Waals surface area (Å²) in [5.74, 6) is -0.157. The average Bonchev–Trinajstić information content (AvgIpc) is 2.51. The molecule has 0 atom stereocenters. The van der Waals surface area contributed by atoms with Crippen molar-refractivity contribution in [3.05, 3.63) is 10.4 Å². The zero-order valence-electron chi connectivity index (χ0n) is 16.0. The molecule has 0 fully saturated rings. The molecule has 0 unspecified atom stereocenters. The molecular formula is C17H32N4O4. The van der Waals surface area contributed by atoms with Crippen molar-refractivity contribution in [2.45, 2.75) is 71.8 Å². The Hall–Kier alpha value is -1.95. The Morgan fingerprint density at radius 3 is 2.32 bits per heavy atom. The van der Waals surface area contributed by atoms with Crippen molar-refractivity contribution in [2.75, 3.05) is 26.2 Å². The van der Waals surface area contributed by atoms with Gasteiger partial charge in [-0.1, -0.05) is 18.0 Å². The zero-order valence-corrected chi connectivity index (χ0v) is 16.0. The van der Waals surface area contributed by atoms with Crippen LogP contribution in [-0.2, 0) is 14.3 Å². The lowest BCUT2D eigenvalue weighted by molar-refractivity contribution is -0.143. The van der Waals surface area contributed by atoms with Crippen molar-refractivity contribution < 1.29 is 19.1 Å². The van der Waals surface area contributed by atoms with E-state index >= 15 is 0 Å². The Morgan fingerprint density at radius 1 is 1.08 bits per heavy atom. The fourth-order valence-corrected chi connectivity index (χ4v) is 2.16. The molecule has 0 aromatic heterocycles. The lowest BCUT2D eigenvalue weighted by atomic mass is 10.1. The van der Waals surface area contributed by atoms with Gasteiger partial charge in [-0.2, -0.15) is 0 Å². The Bertz CT molecular complexity index is 442. The predicted molar refractivity (Wildman–Crippen MR) is 96.2 cm³/mol. The molecule has 0 bridgehead atoms. The number of carbonyl (C=O) groups is 2. The normalized spacial score (nSPS) is 10.7. The summed E-state index contributed by atoms with van der Waals surface area (Å²) < 4.78 is 10.3. The number of unbranched alkanes of at least 4 members (excludes halogenated alkanes) is 3. The maximum Gasteiger partial charge on any atom is 0.410 e. The van der Waals surface area contributed by atoms with Gasteiger partial charge in [0.1, 0.15) is 5.60 Å². The summed E-state index contributed by atoms with van der Waals surface area (Å²) in [7, 11) is 0. The van der Waals surface area contributed by atoms with Gasteiger partial charge in [0.05, 0.1) is 6.61 Å². The summed E-state index contributed by atoms with van der Waals surface area (Å²) in [6, 6.07) is 0. The number of hydrogen-bond donors (Lipinski definition) is 0. The number of rotatable bonds is 12. The van der Waals surface area contributed by atoms with E-state index in [-0.39, 0.29) is 12.1 Å². The van der Waals surface area contributed by atoms with Crippen LogP contribution in [0.15, 0.2) is 5.11 Å². The molecule has 25 heavy (non-hydrogen) atoms. The van der Waals surface area contributed by atoms with E-state index in [4.69, 9.17) is 15.0 Å². The van der Waals surface area contributed by atoms with Crippen molar-refractivity contribution in [1.82, 2.24) is 4.90 Å². The van der Waals surface area contributed by atoms with Crippen LogP contribution >= 0.6 is 0 Å². The summed E-state index contributed by atoms with van der Waals surface area (Å²) in [4.78, 5) is 27.9. The first kappa shape index (κ1) is 23.1. The van der Waals surface area contributed by atoms with E-state index in [0.29, 0.717) is 39.1 Å². The van der Waals surface area contributed by atoms with Crippen LogP contribution in [0.4, 0.5) is 4.79 Å². The summed E-state index contributed by atoms with van der Waals surface area (Å²) in [5, 5.41) is 3.49. The maximum absolute atomic E-state index is 12.2. The lowest BCUT2D eigenvalue weighted by Gasteiger charge is -2.27. The van der Waals surface area contributed by atoms with E-state index in [2.05, 4.69) is 10.0 Å². The van der Waals surface area contributed by atoms with E-state index in [1.165, 1.54) is 0 Å². The molecule has 0 heterocycles. The number of hydrogen-bond acceptors (Lipinski definition) is 5. The molecule has 0 spiro atoms. The molecule has 0 N–H and O–H groups in total. The maximum atomic E-state index is 12.2. The van der Waals surface area contributed by atoms with Crippen LogP contribution in [0.2, 0.25) is 0 Å². The molecule has 0 aliphatic heterocycles. The number of azide groups is 1. The molecule has 0 aliphatic carbocycles. The fraction of sp³-hybridized carbons (Fsp3) is 0.882. The average molecular weight is 356 g/mol. The molecule has 0 aromatic rings. The van der Waals surface area contributed by atoms with Crippen molar-refractivity contribution in [1.29, 1.82) is 0 Å². The third kappa shape index (κ3) is 14.1. The summed E-state index contributed by atoms with van der Waals surface area (Å²) in [6.45, 7) is 9.15. The summed E-state index contributed by atoms with van der Waals surface area (Å²) in [5.41, 5.74) is 7.77. The van der Waals surface area contributed by atoms with E-state index in [0.717, 1.165) is 25.7 Å². The Balaban J connectivity index is 4.18. The van der Waals surface area contributed by atoms with Crippen LogP contribution in [0, 0.1) is 0 Å². The standard InChI is InChI=1S/C17H32N4O4/c1-5-24-15(22)11-8-6-7-9-13-21(14-10-12-19-20-18)16(23)25-17(2,3)4/h5-14H2,1-4H3. The smallest absolute Gasteiger partial charge is 0.410 e. The van der Waals surface area contributed by atoms with E-state index in [1.54, 1.807) is 11.8 Å². The van der Waals surface area contributed by atoms with E-state index < -0.39 is 5.60 Å². The number of amides is 1. The van der Waals surface area contributed by atoms with Gasteiger partial charge in [0.2, 0.25) is 0 Å². The number of carbonyl (C=O) groups excluding carboxylic acids is 2. The molecule has 0 saturated carbocycles. The van der Waals surface area contributed by atoms with Gasteiger partial charge in [0.25, 0.3) is 0 Å². The monoisotopic (exact) mass is 356 g/mol. The molecule has 1 amide bonds. The molecule has 0 aliphatic rings. The van der Waals surface area contributed by atoms with Crippen LogP contribution in [0.25, 0.3) is 10.4 Å². The largest absolute Gasteiger partial charge is 0.466 e. The van der Waals surface area contributed by atoms with Gasteiger partial charge in [-0.25, -0.2) is 4.79 Å². The molecule has 8 heteroatoms. The van der Waals surface area contributed by atoms with Gasteiger partial charge < -0.3 is 14.4 Å². The topological polar surface area (TPSA) is 105 Å². The highest BCUT2D eigenvalue weighted by molar-refractivity contribution is 5.69. The van der Waals surface area contributed by atoms with Crippen LogP contribution < -0.4 is 0 Å². The molecular weight excluding hydrogens is 324 g/mol. The highest BCUT2D eigenvalue weighted by Gasteiger charge is 2.21. The highest BCUT2D eigenvalue weighted by Crippen LogP contribution is 2.12. The minimum atomic E-state index is -0.542. The number of esters is 1. The summed E-state index contributed by atoms with van der Waals surface area (Å²) in [6.07, 6.45) is 4.17. The van der Waals surface area contributed by atoms with Crippen molar-refractivity contribution in [2.24, 2.45) is 5.11 Å². The molecule has 0 aromatic carbocycles. The third-order valence-corrected chi connectivity index (χ3v) is 3.27. The quantitative estimate of drug-likeness (QED) is 0.169. The Labute approximate surface area is 150 Å². The zero-order chi connectivity index (χ0) is 19.1. The van der Waals surface area contributed by atoms with Gasteiger partial charge in [-0.05, 0) is 52.5 Å². The molecule has 144 valence electrons. The molecule has 0 saturated heterocycles. The van der Waals surface area contributed by atoms with Gasteiger partial charge in [0.15, 0.2) is 0 Å². The first-order valence-electron chi connectivity index (χ1n) is 8.94. The second-order valence-electron chi connectivity index (χ2n) is 6.74. The first-order chi connectivity index (χ1) is 11.8. The van der Waals surface area contributed by atoms with Gasteiger partial charge in [-0.3, -0.25) is 4.79 Å². The molecule has 0 radical (unpaired) electrons. The SMILES string of the molecule is CCOC(=O)CCCCCCN(CCCN=[N+]=[N-])C(=O)OC(C)(C)C. The van der Waals surface area contributed by atoms with Crippen LogP contribution in [-0.4, -0.2) is 48.8 Å². The fourth-order valence-electron chi connectivity index (χ4n) is 2.16. The third-order valence-electron chi connectivity index (χ3n) is 3.27. The van der Waals surface area contributed by atoms with Crippen LogP contribution in [0.3, 0.4) is 0 Å². The van der Waals surface area contributed by atoms with Crippen molar-refractivity contribution in [3.8, 4) is 0 Å². The summed E-state index contributed by atoms with van der Waals surface area (Å²) >= 11 is 0. The second-order valence-corrected chi connectivity index (χ2v) is 6.74. The first-order valence-corrected chi connectivity index (χ1v) is 8.94. The van der Waals surface area contributed by atoms with Crippen molar-refractivity contribution in [3.63, 3.8) is 0 Å². The van der Waals surface area contributed by atoms with Gasteiger partial charge >= 0.3 is 12.1 Å². The minimum Gasteiger partial charge on any atom is -0.466 e. The lowest BCUT2D eigenvalue weighted by Crippen LogP contribution is -2.38.